The van der Waals surface area contributed by atoms with Crippen LogP contribution in [0.3, 0.4) is 0 Å². The van der Waals surface area contributed by atoms with Gasteiger partial charge in [-0.15, -0.1) is 0 Å². The molecular formula is C22H32N2O4. The van der Waals surface area contributed by atoms with E-state index in [1.165, 1.54) is 5.56 Å². The number of rotatable bonds is 12. The molecule has 1 aromatic carbocycles. The third-order valence-electron chi connectivity index (χ3n) is 5.20. The van der Waals surface area contributed by atoms with Crippen LogP contribution in [0.5, 0.6) is 0 Å². The molecule has 6 nitrogen and oxygen atoms in total. The predicted molar refractivity (Wildman–Crippen MR) is 108 cm³/mol. The molecule has 1 N–H and O–H groups in total. The second-order valence-electron chi connectivity index (χ2n) is 7.69. The van der Waals surface area contributed by atoms with Crippen LogP contribution in [0.25, 0.3) is 0 Å². The third kappa shape index (κ3) is 7.60. The number of hydrogen-bond donors (Lipinski definition) is 1. The Morgan fingerprint density at radius 3 is 2.93 bits per heavy atom. The minimum Gasteiger partial charge on any atom is -0.392 e. The Morgan fingerprint density at radius 2 is 2.11 bits per heavy atom. The lowest BCUT2D eigenvalue weighted by Crippen LogP contribution is -2.30. The summed E-state index contributed by atoms with van der Waals surface area (Å²) in [6.07, 6.45) is 6.51. The van der Waals surface area contributed by atoms with E-state index < -0.39 is 0 Å². The molecule has 28 heavy (non-hydrogen) atoms. The van der Waals surface area contributed by atoms with E-state index in [1.54, 1.807) is 0 Å². The fourth-order valence-electron chi connectivity index (χ4n) is 3.51. The van der Waals surface area contributed by atoms with Crippen LogP contribution in [0.2, 0.25) is 0 Å². The summed E-state index contributed by atoms with van der Waals surface area (Å²) in [7, 11) is 0. The summed E-state index contributed by atoms with van der Waals surface area (Å²) < 4.78 is 11.0. The molecule has 2 aliphatic rings. The monoisotopic (exact) mass is 388 g/mol. The molecule has 3 rings (SSSR count). The standard InChI is InChI=1S/C22H32N2O4/c25-22(23-15-19-10-12-27-17-19)14-20-13-21(28-24-20)9-5-2-6-11-26-16-18-7-3-1-4-8-18/h1,3-4,7-8,19,21H,2,5-6,9-17H2,(H,23,25). The van der Waals surface area contributed by atoms with Gasteiger partial charge in [0.1, 0.15) is 6.10 Å². The van der Waals surface area contributed by atoms with Crippen molar-refractivity contribution >= 4 is 11.6 Å². The summed E-state index contributed by atoms with van der Waals surface area (Å²) in [5, 5.41) is 7.09. The summed E-state index contributed by atoms with van der Waals surface area (Å²) in [6, 6.07) is 10.2. The zero-order valence-corrected chi connectivity index (χ0v) is 16.6. The van der Waals surface area contributed by atoms with Crippen molar-refractivity contribution in [2.24, 2.45) is 11.1 Å². The second-order valence-corrected chi connectivity index (χ2v) is 7.69. The van der Waals surface area contributed by atoms with E-state index in [4.69, 9.17) is 14.3 Å². The Labute approximate surface area is 167 Å². The minimum absolute atomic E-state index is 0.0328. The Kier molecular flexibility index (Phi) is 8.78. The van der Waals surface area contributed by atoms with Gasteiger partial charge in [-0.2, -0.15) is 0 Å². The maximum absolute atomic E-state index is 12.0. The molecule has 2 heterocycles. The van der Waals surface area contributed by atoms with Gasteiger partial charge in [0, 0.05) is 32.1 Å². The van der Waals surface area contributed by atoms with E-state index in [0.717, 1.165) is 64.1 Å². The lowest BCUT2D eigenvalue weighted by Gasteiger charge is -2.09. The second kappa shape index (κ2) is 11.8. The van der Waals surface area contributed by atoms with Crippen molar-refractivity contribution < 1.29 is 19.1 Å². The van der Waals surface area contributed by atoms with Crippen LogP contribution in [0.1, 0.15) is 50.5 Å². The van der Waals surface area contributed by atoms with Crippen molar-refractivity contribution in [2.45, 2.75) is 57.7 Å². The van der Waals surface area contributed by atoms with Crippen LogP contribution in [-0.2, 0) is 25.7 Å². The van der Waals surface area contributed by atoms with E-state index in [1.807, 2.05) is 18.2 Å². The molecule has 1 fully saturated rings. The highest BCUT2D eigenvalue weighted by molar-refractivity contribution is 6.01. The van der Waals surface area contributed by atoms with Gasteiger partial charge in [0.25, 0.3) is 0 Å². The SMILES string of the molecule is O=C(CC1=NOC(CCCCCOCc2ccccc2)C1)NCC1CCOC1. The number of nitrogens with zero attached hydrogens (tertiary/aromatic N) is 1. The molecule has 0 saturated carbocycles. The molecule has 0 spiro atoms. The Balaban J connectivity index is 1.16. The Hall–Kier alpha value is -1.92. The highest BCUT2D eigenvalue weighted by Crippen LogP contribution is 2.19. The fourth-order valence-corrected chi connectivity index (χ4v) is 3.51. The molecule has 2 unspecified atom stereocenters. The number of hydrogen-bond acceptors (Lipinski definition) is 5. The van der Waals surface area contributed by atoms with Crippen molar-refractivity contribution in [1.82, 2.24) is 5.32 Å². The predicted octanol–water partition coefficient (Wildman–Crippen LogP) is 3.45. The van der Waals surface area contributed by atoms with E-state index >= 15 is 0 Å². The van der Waals surface area contributed by atoms with Crippen molar-refractivity contribution in [3.8, 4) is 0 Å². The van der Waals surface area contributed by atoms with Crippen LogP contribution < -0.4 is 5.32 Å². The van der Waals surface area contributed by atoms with Crippen molar-refractivity contribution in [3.63, 3.8) is 0 Å². The average Bonchev–Trinajstić information content (AvgIpc) is 3.38. The van der Waals surface area contributed by atoms with Crippen LogP contribution in [0.15, 0.2) is 35.5 Å². The molecule has 1 amide bonds. The van der Waals surface area contributed by atoms with Gasteiger partial charge < -0.3 is 19.6 Å². The Bertz CT molecular complexity index is 614. The first-order chi connectivity index (χ1) is 13.8. The van der Waals surface area contributed by atoms with Gasteiger partial charge in [0.05, 0.1) is 25.3 Å². The molecule has 0 bridgehead atoms. The molecule has 1 saturated heterocycles. The zero-order chi connectivity index (χ0) is 19.4. The van der Waals surface area contributed by atoms with Crippen molar-refractivity contribution in [3.05, 3.63) is 35.9 Å². The third-order valence-corrected chi connectivity index (χ3v) is 5.20. The number of amides is 1. The number of nitrogens with one attached hydrogen (secondary N) is 1. The Morgan fingerprint density at radius 1 is 1.21 bits per heavy atom. The maximum atomic E-state index is 12.0. The van der Waals surface area contributed by atoms with E-state index in [9.17, 15) is 4.79 Å². The van der Waals surface area contributed by atoms with Crippen LogP contribution in [0, 0.1) is 5.92 Å². The summed E-state index contributed by atoms with van der Waals surface area (Å²) >= 11 is 0. The normalized spacial score (nSPS) is 21.4. The van der Waals surface area contributed by atoms with Gasteiger partial charge in [-0.1, -0.05) is 41.9 Å². The molecule has 2 aliphatic heterocycles. The van der Waals surface area contributed by atoms with Gasteiger partial charge in [-0.05, 0) is 31.2 Å². The topological polar surface area (TPSA) is 69.2 Å². The van der Waals surface area contributed by atoms with E-state index in [0.29, 0.717) is 25.5 Å². The molecular weight excluding hydrogens is 356 g/mol. The van der Waals surface area contributed by atoms with Gasteiger partial charge >= 0.3 is 0 Å². The molecule has 0 aromatic heterocycles. The molecule has 1 aromatic rings. The quantitative estimate of drug-likeness (QED) is 0.557. The molecule has 0 aliphatic carbocycles. The highest BCUT2D eigenvalue weighted by atomic mass is 16.6. The molecule has 2 atom stereocenters. The lowest BCUT2D eigenvalue weighted by atomic mass is 10.0. The van der Waals surface area contributed by atoms with Crippen molar-refractivity contribution in [2.75, 3.05) is 26.4 Å². The molecule has 154 valence electrons. The lowest BCUT2D eigenvalue weighted by molar-refractivity contribution is -0.120. The van der Waals surface area contributed by atoms with E-state index in [-0.39, 0.29) is 12.0 Å². The first kappa shape index (κ1) is 20.8. The number of ether oxygens (including phenoxy) is 2. The van der Waals surface area contributed by atoms with Crippen molar-refractivity contribution in [1.29, 1.82) is 0 Å². The highest BCUT2D eigenvalue weighted by Gasteiger charge is 2.23. The van der Waals surface area contributed by atoms with Crippen LogP contribution in [0.4, 0.5) is 0 Å². The number of benzene rings is 1. The fraction of sp³-hybridized carbons (Fsp3) is 0.636. The molecule has 6 heteroatoms. The first-order valence-electron chi connectivity index (χ1n) is 10.5. The number of oxime groups is 1. The van der Waals surface area contributed by atoms with Gasteiger partial charge in [0.15, 0.2) is 0 Å². The van der Waals surface area contributed by atoms with Crippen LogP contribution in [-0.4, -0.2) is 44.1 Å². The number of carbonyl (C=O) groups is 1. The van der Waals surface area contributed by atoms with E-state index in [2.05, 4.69) is 22.6 Å². The van der Waals surface area contributed by atoms with Gasteiger partial charge in [-0.25, -0.2) is 0 Å². The summed E-state index contributed by atoms with van der Waals surface area (Å²) in [5.74, 6) is 0.487. The van der Waals surface area contributed by atoms with Crippen LogP contribution >= 0.6 is 0 Å². The smallest absolute Gasteiger partial charge is 0.225 e. The summed E-state index contributed by atoms with van der Waals surface area (Å²) in [4.78, 5) is 17.5. The molecule has 0 radical (unpaired) electrons. The average molecular weight is 389 g/mol. The zero-order valence-electron chi connectivity index (χ0n) is 16.6. The largest absolute Gasteiger partial charge is 0.392 e. The summed E-state index contributed by atoms with van der Waals surface area (Å²) in [5.41, 5.74) is 2.07. The number of unbranched alkanes of at least 4 members (excludes halogenated alkanes) is 2. The minimum atomic E-state index is 0.0328. The first-order valence-corrected chi connectivity index (χ1v) is 10.5. The number of carbonyl (C=O) groups excluding carboxylic acids is 1. The summed E-state index contributed by atoms with van der Waals surface area (Å²) in [6.45, 7) is 3.72. The van der Waals surface area contributed by atoms with Gasteiger partial charge in [0.2, 0.25) is 5.91 Å². The van der Waals surface area contributed by atoms with Gasteiger partial charge in [-0.3, -0.25) is 4.79 Å². The maximum Gasteiger partial charge on any atom is 0.225 e.